The van der Waals surface area contributed by atoms with Crippen LogP contribution in [-0.2, 0) is 6.54 Å². The zero-order valence-electron chi connectivity index (χ0n) is 12.4. The number of para-hydroxylation sites is 1. The Morgan fingerprint density at radius 3 is 3.00 bits per heavy atom. The molecule has 0 aliphatic heterocycles. The Kier molecular flexibility index (Phi) is 3.80. The van der Waals surface area contributed by atoms with E-state index in [1.165, 1.54) is 6.07 Å². The highest BCUT2D eigenvalue weighted by molar-refractivity contribution is 7.08. The fourth-order valence-corrected chi connectivity index (χ4v) is 2.92. The van der Waals surface area contributed by atoms with Gasteiger partial charge in [0, 0.05) is 17.8 Å². The van der Waals surface area contributed by atoms with E-state index in [0.717, 1.165) is 5.56 Å². The summed E-state index contributed by atoms with van der Waals surface area (Å²) >= 11 is 1.55. The largest absolute Gasteiger partial charge is 0.373 e. The number of thiophene rings is 1. The van der Waals surface area contributed by atoms with Gasteiger partial charge in [-0.25, -0.2) is 9.07 Å². The van der Waals surface area contributed by atoms with Crippen LogP contribution < -0.4 is 5.32 Å². The molecular formula is C16H12FN5OS. The Morgan fingerprint density at radius 1 is 1.25 bits per heavy atom. The predicted octanol–water partition coefficient (Wildman–Crippen LogP) is 3.74. The molecule has 0 spiro atoms. The first-order chi connectivity index (χ1) is 11.8. The van der Waals surface area contributed by atoms with E-state index in [0.29, 0.717) is 23.1 Å². The minimum absolute atomic E-state index is 0.239. The maximum atomic E-state index is 14.2. The van der Waals surface area contributed by atoms with E-state index in [-0.39, 0.29) is 12.4 Å². The van der Waals surface area contributed by atoms with Gasteiger partial charge >= 0.3 is 0 Å². The van der Waals surface area contributed by atoms with Crippen molar-refractivity contribution in [3.8, 4) is 17.1 Å². The van der Waals surface area contributed by atoms with E-state index in [4.69, 9.17) is 4.52 Å². The van der Waals surface area contributed by atoms with Gasteiger partial charge in [0.25, 0.3) is 5.89 Å². The van der Waals surface area contributed by atoms with Gasteiger partial charge in [-0.05, 0) is 29.6 Å². The average Bonchev–Trinajstić information content (AvgIpc) is 3.33. The van der Waals surface area contributed by atoms with Crippen molar-refractivity contribution in [1.29, 1.82) is 0 Å². The van der Waals surface area contributed by atoms with Crippen LogP contribution in [0.25, 0.3) is 17.1 Å². The lowest BCUT2D eigenvalue weighted by atomic mass is 10.2. The lowest BCUT2D eigenvalue weighted by Gasteiger charge is -2.11. The van der Waals surface area contributed by atoms with E-state index in [2.05, 4.69) is 20.6 Å². The fraction of sp³-hybridized carbons (Fsp3) is 0.0625. The summed E-state index contributed by atoms with van der Waals surface area (Å²) in [6, 6.07) is 8.50. The van der Waals surface area contributed by atoms with E-state index >= 15 is 0 Å². The molecule has 6 nitrogen and oxygen atoms in total. The summed E-state index contributed by atoms with van der Waals surface area (Å²) in [5, 5.41) is 15.0. The third-order valence-corrected chi connectivity index (χ3v) is 4.09. The van der Waals surface area contributed by atoms with Crippen molar-refractivity contribution < 1.29 is 8.91 Å². The molecule has 0 saturated carbocycles. The molecule has 8 heteroatoms. The minimum atomic E-state index is -0.371. The third-order valence-electron chi connectivity index (χ3n) is 3.40. The Morgan fingerprint density at radius 2 is 2.21 bits per heavy atom. The Bertz CT molecular complexity index is 933. The maximum absolute atomic E-state index is 14.2. The second-order valence-electron chi connectivity index (χ2n) is 4.97. The molecule has 0 atom stereocenters. The topological polar surface area (TPSA) is 68.8 Å². The SMILES string of the molecule is Fc1cccc(-n2cccn2)c1NCc1noc(-c2ccsc2)n1. The summed E-state index contributed by atoms with van der Waals surface area (Å²) in [4.78, 5) is 4.31. The predicted molar refractivity (Wildman–Crippen MR) is 88.5 cm³/mol. The van der Waals surface area contributed by atoms with Gasteiger partial charge < -0.3 is 9.84 Å². The van der Waals surface area contributed by atoms with Crippen molar-refractivity contribution in [2.75, 3.05) is 5.32 Å². The average molecular weight is 341 g/mol. The van der Waals surface area contributed by atoms with Gasteiger partial charge in [0.15, 0.2) is 5.82 Å². The fourth-order valence-electron chi connectivity index (χ4n) is 2.29. The highest BCUT2D eigenvalue weighted by atomic mass is 32.1. The number of halogens is 1. The van der Waals surface area contributed by atoms with Crippen molar-refractivity contribution in [2.45, 2.75) is 6.54 Å². The van der Waals surface area contributed by atoms with E-state index in [1.54, 1.807) is 46.6 Å². The minimum Gasteiger partial charge on any atom is -0.373 e. The number of benzene rings is 1. The van der Waals surface area contributed by atoms with E-state index in [1.807, 2.05) is 16.8 Å². The molecule has 1 aromatic carbocycles. The summed E-state index contributed by atoms with van der Waals surface area (Å²) in [6.07, 6.45) is 3.39. The first kappa shape index (κ1) is 14.6. The first-order valence-corrected chi connectivity index (χ1v) is 8.13. The van der Waals surface area contributed by atoms with Crippen LogP contribution >= 0.6 is 11.3 Å². The second-order valence-corrected chi connectivity index (χ2v) is 5.75. The van der Waals surface area contributed by atoms with Gasteiger partial charge in [0.05, 0.1) is 23.5 Å². The molecule has 0 saturated heterocycles. The number of hydrogen-bond acceptors (Lipinski definition) is 6. The smallest absolute Gasteiger partial charge is 0.258 e. The number of anilines is 1. The molecular weight excluding hydrogens is 329 g/mol. The van der Waals surface area contributed by atoms with Crippen LogP contribution in [0.3, 0.4) is 0 Å². The molecule has 0 fully saturated rings. The molecule has 3 aromatic heterocycles. The normalized spacial score (nSPS) is 10.9. The van der Waals surface area contributed by atoms with Crippen molar-refractivity contribution in [3.05, 3.63) is 65.1 Å². The van der Waals surface area contributed by atoms with E-state index < -0.39 is 0 Å². The van der Waals surface area contributed by atoms with Crippen molar-refractivity contribution in [3.63, 3.8) is 0 Å². The summed E-state index contributed by atoms with van der Waals surface area (Å²) in [5.41, 5.74) is 1.83. The van der Waals surface area contributed by atoms with Crippen LogP contribution in [0.1, 0.15) is 5.82 Å². The number of hydrogen-bond donors (Lipinski definition) is 1. The molecule has 0 bridgehead atoms. The highest BCUT2D eigenvalue weighted by Crippen LogP contribution is 2.24. The third kappa shape index (κ3) is 2.79. The second kappa shape index (κ2) is 6.25. The monoisotopic (exact) mass is 341 g/mol. The first-order valence-electron chi connectivity index (χ1n) is 7.19. The van der Waals surface area contributed by atoms with E-state index in [9.17, 15) is 4.39 Å². The molecule has 3 heterocycles. The summed E-state index contributed by atoms with van der Waals surface area (Å²) in [5.74, 6) is 0.532. The van der Waals surface area contributed by atoms with Crippen LogP contribution in [0.5, 0.6) is 0 Å². The molecule has 0 radical (unpaired) electrons. The molecule has 0 unspecified atom stereocenters. The number of rotatable bonds is 5. The molecule has 4 aromatic rings. The van der Waals surface area contributed by atoms with Crippen LogP contribution in [0.4, 0.5) is 10.1 Å². The molecule has 120 valence electrons. The van der Waals surface area contributed by atoms with Crippen LogP contribution in [0, 0.1) is 5.82 Å². The quantitative estimate of drug-likeness (QED) is 0.599. The molecule has 0 amide bonds. The maximum Gasteiger partial charge on any atom is 0.258 e. The molecule has 4 rings (SSSR count). The van der Waals surface area contributed by atoms with Gasteiger partial charge in [-0.1, -0.05) is 11.2 Å². The van der Waals surface area contributed by atoms with Gasteiger partial charge in [0.2, 0.25) is 0 Å². The number of nitrogens with one attached hydrogen (secondary N) is 1. The van der Waals surface area contributed by atoms with Crippen LogP contribution in [0.2, 0.25) is 0 Å². The number of aromatic nitrogens is 4. The standard InChI is InChI=1S/C16H12FN5OS/c17-12-3-1-4-13(22-7-2-6-19-22)15(12)18-9-14-20-16(23-21-14)11-5-8-24-10-11/h1-8,10,18H,9H2. The Hall–Kier alpha value is -3.00. The van der Waals surface area contributed by atoms with Gasteiger partial charge in [0.1, 0.15) is 5.82 Å². The van der Waals surface area contributed by atoms with Crippen LogP contribution in [-0.4, -0.2) is 19.9 Å². The zero-order valence-corrected chi connectivity index (χ0v) is 13.2. The summed E-state index contributed by atoms with van der Waals surface area (Å²) < 4.78 is 21.0. The zero-order chi connectivity index (χ0) is 16.4. The molecule has 1 N–H and O–H groups in total. The molecule has 0 aliphatic carbocycles. The van der Waals surface area contributed by atoms with Gasteiger partial charge in [-0.15, -0.1) is 0 Å². The Balaban J connectivity index is 1.56. The van der Waals surface area contributed by atoms with Crippen LogP contribution in [0.15, 0.2) is 58.0 Å². The summed E-state index contributed by atoms with van der Waals surface area (Å²) in [6.45, 7) is 0.239. The number of nitrogens with zero attached hydrogens (tertiary/aromatic N) is 4. The van der Waals surface area contributed by atoms with Crippen molar-refractivity contribution >= 4 is 17.0 Å². The summed E-state index contributed by atoms with van der Waals surface area (Å²) in [7, 11) is 0. The van der Waals surface area contributed by atoms with Gasteiger partial charge in [-0.2, -0.15) is 21.4 Å². The lowest BCUT2D eigenvalue weighted by Crippen LogP contribution is -2.08. The highest BCUT2D eigenvalue weighted by Gasteiger charge is 2.13. The van der Waals surface area contributed by atoms with Crippen molar-refractivity contribution in [2.24, 2.45) is 0 Å². The van der Waals surface area contributed by atoms with Crippen molar-refractivity contribution in [1.82, 2.24) is 19.9 Å². The lowest BCUT2D eigenvalue weighted by molar-refractivity contribution is 0.423. The molecule has 24 heavy (non-hydrogen) atoms. The molecule has 0 aliphatic rings. The van der Waals surface area contributed by atoms with Gasteiger partial charge in [-0.3, -0.25) is 0 Å². The Labute approximate surface area is 140 Å².